The van der Waals surface area contributed by atoms with Gasteiger partial charge in [-0.05, 0) is 34.7 Å². The average molecular weight is 687 g/mol. The van der Waals surface area contributed by atoms with E-state index in [-0.39, 0.29) is 11.0 Å². The molecule has 0 aliphatic carbocycles. The topological polar surface area (TPSA) is 194 Å². The Morgan fingerprint density at radius 3 is 0.920 bits per heavy atom. The van der Waals surface area contributed by atoms with Crippen molar-refractivity contribution in [2.45, 2.75) is 0 Å². The maximum atomic E-state index is 5.37. The first-order valence-corrected chi connectivity index (χ1v) is 14.9. The van der Waals surface area contributed by atoms with Crippen molar-refractivity contribution < 1.29 is 29.9 Å². The van der Waals surface area contributed by atoms with E-state index in [2.05, 4.69) is 30.9 Å². The van der Waals surface area contributed by atoms with Gasteiger partial charge in [0.25, 0.3) is 0 Å². The van der Waals surface area contributed by atoms with E-state index in [9.17, 15) is 0 Å². The third-order valence-corrected chi connectivity index (χ3v) is 7.71. The standard InChI is InChI=1S/2C17H19N5O2.2H2O/c2*1-21-13-10-15(23-3)16(24-4)11-14(13)22(2)17(21)19-20-18-12-8-6-5-7-9-12;;/h2*5-11H,1-4H3;2*1H2. The van der Waals surface area contributed by atoms with Crippen LogP contribution < -0.4 is 30.2 Å². The lowest BCUT2D eigenvalue weighted by atomic mass is 10.2. The Morgan fingerprint density at radius 2 is 0.680 bits per heavy atom. The van der Waals surface area contributed by atoms with E-state index in [1.807, 2.05) is 131 Å². The summed E-state index contributed by atoms with van der Waals surface area (Å²) in [6.45, 7) is 0. The van der Waals surface area contributed by atoms with Crippen molar-refractivity contribution in [3.63, 3.8) is 0 Å². The van der Waals surface area contributed by atoms with E-state index in [1.54, 1.807) is 28.4 Å². The molecule has 6 aromatic rings. The number of aryl methyl sites for hydroxylation is 4. The summed E-state index contributed by atoms with van der Waals surface area (Å²) in [6, 6.07) is 26.6. The lowest BCUT2D eigenvalue weighted by Crippen LogP contribution is -2.21. The van der Waals surface area contributed by atoms with E-state index in [1.165, 1.54) is 0 Å². The Kier molecular flexibility index (Phi) is 13.2. The van der Waals surface area contributed by atoms with Gasteiger partial charge in [-0.25, -0.2) is 0 Å². The fourth-order valence-electron chi connectivity index (χ4n) is 5.16. The number of aromatic nitrogens is 4. The Morgan fingerprint density at radius 1 is 0.420 bits per heavy atom. The highest BCUT2D eigenvalue weighted by Gasteiger charge is 2.14. The fraction of sp³-hybridized carbons (Fsp3) is 0.235. The van der Waals surface area contributed by atoms with Gasteiger partial charge in [-0.3, -0.25) is 0 Å². The molecule has 0 radical (unpaired) electrons. The molecule has 0 fully saturated rings. The minimum atomic E-state index is 0. The van der Waals surface area contributed by atoms with E-state index in [4.69, 9.17) is 18.9 Å². The van der Waals surface area contributed by atoms with Crippen molar-refractivity contribution in [1.82, 2.24) is 18.3 Å². The normalized spacial score (nSPS) is 10.7. The quantitative estimate of drug-likeness (QED) is 0.167. The number of hydrogen-bond acceptors (Lipinski definition) is 8. The van der Waals surface area contributed by atoms with Crippen LogP contribution in [0.15, 0.2) is 116 Å². The van der Waals surface area contributed by atoms with Crippen molar-refractivity contribution in [1.29, 1.82) is 0 Å². The number of nitrogens with zero attached hydrogens (tertiary/aromatic N) is 10. The largest absolute Gasteiger partial charge is 0.493 e. The second-order valence-corrected chi connectivity index (χ2v) is 10.5. The Bertz CT molecular complexity index is 1980. The number of hydrogen-bond donors (Lipinski definition) is 0. The number of benzene rings is 4. The molecular weight excluding hydrogens is 644 g/mol. The Balaban J connectivity index is 0.000000260. The van der Waals surface area contributed by atoms with Crippen molar-refractivity contribution in [2.75, 3.05) is 28.4 Å². The van der Waals surface area contributed by atoms with Gasteiger partial charge >= 0.3 is 0 Å². The predicted octanol–water partition coefficient (Wildman–Crippen LogP) is 4.62. The molecule has 2 aromatic heterocycles. The van der Waals surface area contributed by atoms with Crippen LogP contribution in [0.1, 0.15) is 0 Å². The van der Waals surface area contributed by atoms with Crippen LogP contribution in [-0.4, -0.2) is 57.7 Å². The highest BCUT2D eigenvalue weighted by Crippen LogP contribution is 2.32. The first-order chi connectivity index (χ1) is 23.3. The lowest BCUT2D eigenvalue weighted by Gasteiger charge is -2.07. The molecule has 50 heavy (non-hydrogen) atoms. The smallest absolute Gasteiger partial charge is 0.232 e. The van der Waals surface area contributed by atoms with Crippen LogP contribution in [0.3, 0.4) is 0 Å². The minimum Gasteiger partial charge on any atom is -0.493 e. The molecule has 0 atom stereocenters. The Labute approximate surface area is 288 Å². The maximum absolute atomic E-state index is 5.37. The van der Waals surface area contributed by atoms with Crippen LogP contribution in [0.5, 0.6) is 23.0 Å². The van der Waals surface area contributed by atoms with Crippen LogP contribution in [0.4, 0.5) is 11.4 Å². The van der Waals surface area contributed by atoms with Crippen LogP contribution in [-0.2, 0) is 28.2 Å². The third-order valence-electron chi connectivity index (χ3n) is 7.71. The van der Waals surface area contributed by atoms with Gasteiger partial charge in [0.15, 0.2) is 23.0 Å². The van der Waals surface area contributed by atoms with Gasteiger partial charge in [-0.2, -0.15) is 0 Å². The average Bonchev–Trinajstić information content (AvgIpc) is 3.50. The summed E-state index contributed by atoms with van der Waals surface area (Å²) in [5, 5.41) is 24.6. The molecule has 0 spiro atoms. The molecule has 0 bridgehead atoms. The van der Waals surface area contributed by atoms with Crippen molar-refractivity contribution in [3.05, 3.63) is 96.2 Å². The maximum Gasteiger partial charge on any atom is 0.232 e. The SMILES string of the molecule is COc1cc2c(cc1OC)n(C)c(=NN=Nc1ccccc1)n2C.COc1cc2c(cc1OC)n(C)c(=NN=Nc1ccccc1)n2C.O.O. The molecular formula is C34H42N10O6. The van der Waals surface area contributed by atoms with Gasteiger partial charge in [-0.15, -0.1) is 10.2 Å². The molecule has 0 unspecified atom stereocenters. The molecule has 0 saturated carbocycles. The number of fused-ring (bicyclic) bond motifs is 2. The first kappa shape index (κ1) is 38.2. The zero-order chi connectivity index (χ0) is 34.2. The van der Waals surface area contributed by atoms with E-state index < -0.39 is 0 Å². The molecule has 6 rings (SSSR count). The van der Waals surface area contributed by atoms with Crippen LogP contribution >= 0.6 is 0 Å². The summed E-state index contributed by atoms with van der Waals surface area (Å²) in [5.41, 5.74) is 6.69. The molecule has 0 aliphatic heterocycles. The molecule has 4 N–H and O–H groups in total. The summed E-state index contributed by atoms with van der Waals surface area (Å²) >= 11 is 0. The second-order valence-electron chi connectivity index (χ2n) is 10.5. The van der Waals surface area contributed by atoms with Gasteiger partial charge in [0, 0.05) is 52.5 Å². The third kappa shape index (κ3) is 7.88. The van der Waals surface area contributed by atoms with Crippen molar-refractivity contribution in [3.8, 4) is 23.0 Å². The summed E-state index contributed by atoms with van der Waals surface area (Å²) < 4.78 is 29.2. The first-order valence-electron chi connectivity index (χ1n) is 14.9. The molecule has 4 aromatic carbocycles. The molecule has 0 amide bonds. The van der Waals surface area contributed by atoms with Crippen molar-refractivity contribution >= 4 is 33.4 Å². The van der Waals surface area contributed by atoms with E-state index in [0.29, 0.717) is 34.2 Å². The molecule has 2 heterocycles. The van der Waals surface area contributed by atoms with Gasteiger partial charge in [-0.1, -0.05) is 46.6 Å². The fourth-order valence-corrected chi connectivity index (χ4v) is 5.16. The number of methoxy groups -OCH3 is 4. The minimum absolute atomic E-state index is 0. The molecule has 264 valence electrons. The highest BCUT2D eigenvalue weighted by molar-refractivity contribution is 5.81. The summed E-state index contributed by atoms with van der Waals surface area (Å²) in [4.78, 5) is 0. The summed E-state index contributed by atoms with van der Waals surface area (Å²) in [6.07, 6.45) is 0. The van der Waals surface area contributed by atoms with Gasteiger partial charge in [0.1, 0.15) is 0 Å². The van der Waals surface area contributed by atoms with E-state index >= 15 is 0 Å². The molecule has 16 nitrogen and oxygen atoms in total. The molecule has 0 saturated heterocycles. The number of imidazole rings is 2. The van der Waals surface area contributed by atoms with Crippen LogP contribution in [0.2, 0.25) is 0 Å². The number of rotatable bonds is 8. The zero-order valence-electron chi connectivity index (χ0n) is 29.2. The second kappa shape index (κ2) is 17.2. The lowest BCUT2D eigenvalue weighted by molar-refractivity contribution is 0.355. The zero-order valence-corrected chi connectivity index (χ0v) is 29.2. The highest BCUT2D eigenvalue weighted by atomic mass is 16.5. The Hall–Kier alpha value is -6.26. The van der Waals surface area contributed by atoms with E-state index in [0.717, 1.165) is 33.4 Å². The van der Waals surface area contributed by atoms with Crippen LogP contribution in [0.25, 0.3) is 22.1 Å². The van der Waals surface area contributed by atoms with Crippen molar-refractivity contribution in [2.24, 2.45) is 59.1 Å². The molecule has 0 aliphatic rings. The summed E-state index contributed by atoms with van der Waals surface area (Å²) in [7, 11) is 14.2. The van der Waals surface area contributed by atoms with Gasteiger partial charge < -0.3 is 48.2 Å². The predicted molar refractivity (Wildman–Crippen MR) is 190 cm³/mol. The van der Waals surface area contributed by atoms with Gasteiger partial charge in [0.2, 0.25) is 11.2 Å². The molecule has 16 heteroatoms. The number of ether oxygens (including phenoxy) is 4. The monoisotopic (exact) mass is 686 g/mol. The summed E-state index contributed by atoms with van der Waals surface area (Å²) in [5.74, 6) is 2.68. The van der Waals surface area contributed by atoms with Gasteiger partial charge in [0.05, 0.1) is 61.9 Å². The van der Waals surface area contributed by atoms with Crippen LogP contribution in [0, 0.1) is 0 Å².